The number of nitrogens with zero attached hydrogens (tertiary/aromatic N) is 5. The Hall–Kier alpha value is -3.74. The van der Waals surface area contributed by atoms with Gasteiger partial charge in [-0.05, 0) is 64.0 Å². The largest absolute Gasteiger partial charge is 0.342 e. The van der Waals surface area contributed by atoms with Crippen molar-refractivity contribution in [1.82, 2.24) is 24.0 Å². The number of benzene rings is 2. The second-order valence-electron chi connectivity index (χ2n) is 10.5. The molecule has 0 aliphatic rings. The van der Waals surface area contributed by atoms with E-state index < -0.39 is 0 Å². The van der Waals surface area contributed by atoms with Crippen LogP contribution in [-0.2, 0) is 27.2 Å². The summed E-state index contributed by atoms with van der Waals surface area (Å²) < 4.78 is 4.53. The summed E-state index contributed by atoms with van der Waals surface area (Å²) in [6, 6.07) is 21.8. The van der Waals surface area contributed by atoms with Crippen LogP contribution in [0.4, 0.5) is 0 Å². The van der Waals surface area contributed by atoms with Gasteiger partial charge in [-0.15, -0.1) is 0 Å². The Kier molecular flexibility index (Phi) is 6.38. The van der Waals surface area contributed by atoms with Crippen LogP contribution in [0.1, 0.15) is 35.6 Å². The van der Waals surface area contributed by atoms with Gasteiger partial charge in [0.25, 0.3) is 0 Å². The van der Waals surface area contributed by atoms with Crippen LogP contribution in [0.25, 0.3) is 43.6 Å². The molecule has 194 valence electrons. The maximum atomic E-state index is 5.85. The van der Waals surface area contributed by atoms with E-state index in [4.69, 9.17) is 15.7 Å². The third kappa shape index (κ3) is 4.14. The van der Waals surface area contributed by atoms with Crippen LogP contribution >= 0.6 is 0 Å². The molecule has 0 amide bonds. The van der Waals surface area contributed by atoms with E-state index in [1.165, 1.54) is 43.6 Å². The van der Waals surface area contributed by atoms with Crippen molar-refractivity contribution in [2.75, 3.05) is 13.1 Å². The van der Waals surface area contributed by atoms with Crippen LogP contribution < -0.4 is 5.73 Å². The summed E-state index contributed by atoms with van der Waals surface area (Å²) in [5.74, 6) is 0. The van der Waals surface area contributed by atoms with E-state index in [-0.39, 0.29) is 0 Å². The molecule has 0 aliphatic heterocycles. The molecular weight excluding hydrogens is 468 g/mol. The van der Waals surface area contributed by atoms with E-state index in [1.54, 1.807) is 0 Å². The molecule has 6 rings (SSSR count). The Morgan fingerprint density at radius 2 is 1.16 bits per heavy atom. The predicted molar refractivity (Wildman–Crippen MR) is 158 cm³/mol. The molecule has 0 spiro atoms. The van der Waals surface area contributed by atoms with Crippen molar-refractivity contribution in [3.8, 4) is 0 Å². The average Bonchev–Trinajstić information content (AvgIpc) is 3.36. The number of hydrogen-bond acceptors (Lipinski definition) is 4. The van der Waals surface area contributed by atoms with Crippen LogP contribution in [0, 0.1) is 13.8 Å². The summed E-state index contributed by atoms with van der Waals surface area (Å²) >= 11 is 0. The Labute approximate surface area is 223 Å². The minimum absolute atomic E-state index is 0.715. The molecule has 0 bridgehead atoms. The average molecular weight is 505 g/mol. The van der Waals surface area contributed by atoms with Gasteiger partial charge in [-0.1, -0.05) is 36.4 Å². The highest BCUT2D eigenvalue weighted by atomic mass is 15.1. The van der Waals surface area contributed by atoms with E-state index >= 15 is 0 Å². The first kappa shape index (κ1) is 24.6. The minimum atomic E-state index is 0.715. The van der Waals surface area contributed by atoms with Crippen LogP contribution in [-0.4, -0.2) is 37.1 Å². The number of para-hydroxylation sites is 2. The molecule has 0 fully saturated rings. The second-order valence-corrected chi connectivity index (χ2v) is 10.5. The Morgan fingerprint density at radius 1 is 0.684 bits per heavy atom. The number of hydrogen-bond donors (Lipinski definition) is 1. The van der Waals surface area contributed by atoms with E-state index in [2.05, 4.69) is 103 Å². The lowest BCUT2D eigenvalue weighted by atomic mass is 10.1. The molecule has 6 aromatic rings. The number of rotatable bonds is 8. The van der Waals surface area contributed by atoms with Gasteiger partial charge in [0.1, 0.15) is 0 Å². The lowest BCUT2D eigenvalue weighted by Crippen LogP contribution is -2.26. The van der Waals surface area contributed by atoms with Gasteiger partial charge in [0, 0.05) is 59.8 Å². The highest BCUT2D eigenvalue weighted by Gasteiger charge is 2.17. The van der Waals surface area contributed by atoms with Crippen molar-refractivity contribution in [3.63, 3.8) is 0 Å². The summed E-state index contributed by atoms with van der Waals surface area (Å²) in [4.78, 5) is 12.6. The summed E-state index contributed by atoms with van der Waals surface area (Å²) in [7, 11) is 4.27. The van der Waals surface area contributed by atoms with Crippen LogP contribution in [0.15, 0.2) is 60.7 Å². The third-order valence-corrected chi connectivity index (χ3v) is 7.92. The lowest BCUT2D eigenvalue weighted by molar-refractivity contribution is 0.246. The number of pyridine rings is 2. The molecule has 0 atom stereocenters. The Bertz CT molecular complexity index is 1660. The Morgan fingerprint density at radius 3 is 1.63 bits per heavy atom. The fraction of sp³-hybridized carbons (Fsp3) is 0.312. The number of fused-ring (bicyclic) bond motifs is 6. The molecule has 0 unspecified atom stereocenters. The van der Waals surface area contributed by atoms with Crippen molar-refractivity contribution < 1.29 is 0 Å². The highest BCUT2D eigenvalue weighted by Crippen LogP contribution is 2.32. The number of nitrogens with two attached hydrogens (primary N) is 1. The Balaban J connectivity index is 1.38. The zero-order valence-electron chi connectivity index (χ0n) is 22.8. The van der Waals surface area contributed by atoms with E-state index in [9.17, 15) is 0 Å². The second kappa shape index (κ2) is 9.86. The molecule has 0 saturated heterocycles. The first-order valence-corrected chi connectivity index (χ1v) is 13.6. The van der Waals surface area contributed by atoms with Gasteiger partial charge in [0.15, 0.2) is 0 Å². The van der Waals surface area contributed by atoms with Crippen LogP contribution in [0.3, 0.4) is 0 Å². The molecule has 38 heavy (non-hydrogen) atoms. The topological polar surface area (TPSA) is 64.9 Å². The number of aromatic nitrogens is 4. The smallest absolute Gasteiger partial charge is 0.0705 e. The molecule has 0 aliphatic carbocycles. The molecule has 4 heterocycles. The first-order valence-electron chi connectivity index (χ1n) is 13.6. The number of unbranched alkanes of at least 4 members (excludes halogenated alkanes) is 1. The van der Waals surface area contributed by atoms with E-state index in [0.29, 0.717) is 6.54 Å². The van der Waals surface area contributed by atoms with Gasteiger partial charge in [0.05, 0.1) is 33.8 Å². The minimum Gasteiger partial charge on any atom is -0.342 e. The summed E-state index contributed by atoms with van der Waals surface area (Å²) in [6.07, 6.45) is 2.07. The van der Waals surface area contributed by atoms with Crippen molar-refractivity contribution in [2.24, 2.45) is 19.8 Å². The lowest BCUT2D eigenvalue weighted by Gasteiger charge is -2.22. The van der Waals surface area contributed by atoms with Crippen molar-refractivity contribution in [3.05, 3.63) is 83.4 Å². The summed E-state index contributed by atoms with van der Waals surface area (Å²) in [6.45, 7) is 7.48. The van der Waals surface area contributed by atoms with Crippen LogP contribution in [0.5, 0.6) is 0 Å². The quantitative estimate of drug-likeness (QED) is 0.254. The van der Waals surface area contributed by atoms with Crippen molar-refractivity contribution in [1.29, 1.82) is 0 Å². The fourth-order valence-corrected chi connectivity index (χ4v) is 6.26. The van der Waals surface area contributed by atoms with Gasteiger partial charge in [-0.25, -0.2) is 0 Å². The van der Waals surface area contributed by atoms with Gasteiger partial charge in [0.2, 0.25) is 0 Å². The SMILES string of the molecule is Cc1nc(CN(CCCCN)Cc2cc3c4ccccc4n(C)c3c(C)n2)cc2c3ccccc3n(C)c12. The van der Waals surface area contributed by atoms with Crippen molar-refractivity contribution in [2.45, 2.75) is 39.8 Å². The monoisotopic (exact) mass is 504 g/mol. The maximum absolute atomic E-state index is 5.85. The van der Waals surface area contributed by atoms with Gasteiger partial charge in [-0.2, -0.15) is 0 Å². The van der Waals surface area contributed by atoms with E-state index in [1.807, 2.05) is 0 Å². The summed E-state index contributed by atoms with van der Waals surface area (Å²) in [5.41, 5.74) is 15.1. The predicted octanol–water partition coefficient (Wildman–Crippen LogP) is 6.12. The molecule has 0 radical (unpaired) electrons. The van der Waals surface area contributed by atoms with Gasteiger partial charge in [-0.3, -0.25) is 14.9 Å². The summed E-state index contributed by atoms with van der Waals surface area (Å²) in [5, 5.41) is 5.12. The fourth-order valence-electron chi connectivity index (χ4n) is 6.26. The molecule has 2 aromatic carbocycles. The van der Waals surface area contributed by atoms with Gasteiger partial charge >= 0.3 is 0 Å². The van der Waals surface area contributed by atoms with E-state index in [0.717, 1.165) is 55.3 Å². The molecule has 0 saturated carbocycles. The molecule has 4 aromatic heterocycles. The molecule has 6 heteroatoms. The molecule has 2 N–H and O–H groups in total. The zero-order valence-corrected chi connectivity index (χ0v) is 22.8. The molecular formula is C32H36N6. The number of aryl methyl sites for hydroxylation is 4. The van der Waals surface area contributed by atoms with Crippen molar-refractivity contribution >= 4 is 43.6 Å². The van der Waals surface area contributed by atoms with Crippen LogP contribution in [0.2, 0.25) is 0 Å². The normalized spacial score (nSPS) is 12.2. The standard InChI is InChI=1S/C32H36N6/c1-21-31-27(25-11-5-7-13-29(25)36(31)3)17-23(34-21)19-38(16-10-9-15-33)20-24-18-28-26-12-6-8-14-30(26)37(4)32(28)22(2)35-24/h5-8,11-14,17-18H,9-10,15-16,19-20,33H2,1-4H3. The maximum Gasteiger partial charge on any atom is 0.0705 e. The van der Waals surface area contributed by atoms with Gasteiger partial charge < -0.3 is 14.9 Å². The third-order valence-electron chi connectivity index (χ3n) is 7.92. The zero-order chi connectivity index (χ0) is 26.4. The first-order chi connectivity index (χ1) is 18.5. The molecule has 6 nitrogen and oxygen atoms in total. The highest BCUT2D eigenvalue weighted by molar-refractivity contribution is 6.09.